The van der Waals surface area contributed by atoms with E-state index in [9.17, 15) is 14.4 Å². The molecule has 0 radical (unpaired) electrons. The summed E-state index contributed by atoms with van der Waals surface area (Å²) in [5.74, 6) is -0.863. The van der Waals surface area contributed by atoms with Crippen molar-refractivity contribution in [2.24, 2.45) is 0 Å². The highest BCUT2D eigenvalue weighted by Gasteiger charge is 2.19. The number of hydrogen-bond donors (Lipinski definition) is 0. The van der Waals surface area contributed by atoms with Crippen molar-refractivity contribution < 1.29 is 28.6 Å². The molecule has 1 atom stereocenters. The molecule has 6 nitrogen and oxygen atoms in total. The maximum Gasteiger partial charge on any atom is 0.306 e. The molecule has 0 aromatic rings. The van der Waals surface area contributed by atoms with Crippen LogP contribution in [-0.4, -0.2) is 37.2 Å². The van der Waals surface area contributed by atoms with Gasteiger partial charge in [0.05, 0.1) is 0 Å². The average molecular weight is 1160 g/mol. The second-order valence-corrected chi connectivity index (χ2v) is 24.1. The Morgan fingerprint density at radius 2 is 0.470 bits per heavy atom. The van der Waals surface area contributed by atoms with Gasteiger partial charge in [0.2, 0.25) is 0 Å². The van der Waals surface area contributed by atoms with Crippen molar-refractivity contribution in [3.05, 3.63) is 85.1 Å². The highest BCUT2D eigenvalue weighted by molar-refractivity contribution is 5.71. The van der Waals surface area contributed by atoms with Crippen LogP contribution in [-0.2, 0) is 28.6 Å². The Bertz CT molecular complexity index is 1570. The molecule has 83 heavy (non-hydrogen) atoms. The van der Waals surface area contributed by atoms with Crippen LogP contribution in [0.2, 0.25) is 0 Å². The molecule has 0 aliphatic heterocycles. The smallest absolute Gasteiger partial charge is 0.306 e. The standard InChI is InChI=1S/C77H136O6/c1-4-7-10-13-16-19-22-25-28-31-33-35-36-37-38-39-40-42-43-46-49-52-55-58-61-64-67-70-76(79)82-73-74(72-81-75(78)69-66-63-60-57-54-51-48-45-30-27-24-21-18-15-12-9-6-3)83-77(80)71-68-65-62-59-56-53-50-47-44-41-34-32-29-26-23-20-17-14-11-8-5-2/h7,9-10,12,16,18-19,21,25,27-28,30,33,35,74H,4-6,8,11,13-15,17,20,22-24,26,29,31-32,34,36-73H2,1-3H3/b10-7-,12-9-,19-16-,21-18-,28-25-,30-27-,35-33-. The number of hydrogen-bond acceptors (Lipinski definition) is 6. The summed E-state index contributed by atoms with van der Waals surface area (Å²) in [5.41, 5.74) is 0. The fraction of sp³-hybridized carbons (Fsp3) is 0.779. The maximum atomic E-state index is 13.0. The molecule has 1 unspecified atom stereocenters. The van der Waals surface area contributed by atoms with Crippen molar-refractivity contribution in [2.75, 3.05) is 13.2 Å². The lowest BCUT2D eigenvalue weighted by Gasteiger charge is -2.18. The molecule has 0 N–H and O–H groups in total. The van der Waals surface area contributed by atoms with E-state index in [4.69, 9.17) is 14.2 Å². The van der Waals surface area contributed by atoms with E-state index >= 15 is 0 Å². The third-order valence-electron chi connectivity index (χ3n) is 15.9. The molecule has 0 saturated carbocycles. The minimum atomic E-state index is -0.781. The highest BCUT2D eigenvalue weighted by atomic mass is 16.6. The van der Waals surface area contributed by atoms with Crippen molar-refractivity contribution in [3.8, 4) is 0 Å². The Kier molecular flexibility index (Phi) is 68.2. The lowest BCUT2D eigenvalue weighted by atomic mass is 10.0. The van der Waals surface area contributed by atoms with E-state index in [1.54, 1.807) is 0 Å². The van der Waals surface area contributed by atoms with Gasteiger partial charge in [0.15, 0.2) is 6.10 Å². The average Bonchev–Trinajstić information content (AvgIpc) is 3.49. The number of unbranched alkanes of at least 4 members (excludes halogenated alkanes) is 41. The van der Waals surface area contributed by atoms with E-state index in [-0.39, 0.29) is 31.1 Å². The Balaban J connectivity index is 4.30. The van der Waals surface area contributed by atoms with Gasteiger partial charge in [0, 0.05) is 19.3 Å². The van der Waals surface area contributed by atoms with Gasteiger partial charge in [-0.1, -0.05) is 343 Å². The Labute approximate surface area is 515 Å². The van der Waals surface area contributed by atoms with E-state index in [2.05, 4.69) is 106 Å². The third kappa shape index (κ3) is 69.3. The molecule has 0 spiro atoms. The summed E-state index contributed by atoms with van der Waals surface area (Å²) < 4.78 is 17.0. The molecule has 0 fully saturated rings. The number of carbonyl (C=O) groups excluding carboxylic acids is 3. The van der Waals surface area contributed by atoms with Crippen LogP contribution < -0.4 is 0 Å². The van der Waals surface area contributed by atoms with Gasteiger partial charge in [0.1, 0.15) is 13.2 Å². The SMILES string of the molecule is CC/C=C\C/C=C\C/C=C\C/C=C\CCCCCCCCCCCCCCCCC(=O)OCC(COC(=O)CCCCCCCCC/C=C\C/C=C\C/C=C\CC)OC(=O)CCCCCCCCCCCCCCCCCCCCCCC. The molecule has 0 aliphatic carbocycles. The van der Waals surface area contributed by atoms with Crippen molar-refractivity contribution in [1.29, 1.82) is 0 Å². The van der Waals surface area contributed by atoms with E-state index in [1.165, 1.54) is 218 Å². The van der Waals surface area contributed by atoms with Crippen LogP contribution in [0, 0.1) is 0 Å². The fourth-order valence-corrected chi connectivity index (χ4v) is 10.6. The van der Waals surface area contributed by atoms with Gasteiger partial charge in [-0.25, -0.2) is 0 Å². The number of ether oxygens (including phenoxy) is 3. The molecule has 0 rings (SSSR count). The number of carbonyl (C=O) groups is 3. The van der Waals surface area contributed by atoms with Crippen LogP contribution >= 0.6 is 0 Å². The predicted octanol–water partition coefficient (Wildman–Crippen LogP) is 25.0. The molecular formula is C77H136O6. The summed E-state index contributed by atoms with van der Waals surface area (Å²) in [6.07, 6.45) is 94.7. The third-order valence-corrected chi connectivity index (χ3v) is 15.9. The number of allylic oxidation sites excluding steroid dienone is 14. The zero-order valence-electron chi connectivity index (χ0n) is 55.2. The van der Waals surface area contributed by atoms with Crippen LogP contribution in [0.1, 0.15) is 367 Å². The first-order valence-corrected chi connectivity index (χ1v) is 36.1. The molecule has 0 amide bonds. The van der Waals surface area contributed by atoms with Crippen LogP contribution in [0.4, 0.5) is 0 Å². The van der Waals surface area contributed by atoms with Gasteiger partial charge in [0.25, 0.3) is 0 Å². The second kappa shape index (κ2) is 71.1. The minimum absolute atomic E-state index is 0.0758. The van der Waals surface area contributed by atoms with E-state index in [0.717, 1.165) is 109 Å². The van der Waals surface area contributed by atoms with Gasteiger partial charge in [-0.3, -0.25) is 14.4 Å². The summed E-state index contributed by atoms with van der Waals surface area (Å²) in [7, 11) is 0. The quantitative estimate of drug-likeness (QED) is 0.0261. The fourth-order valence-electron chi connectivity index (χ4n) is 10.6. The topological polar surface area (TPSA) is 78.9 Å². The minimum Gasteiger partial charge on any atom is -0.462 e. The van der Waals surface area contributed by atoms with E-state index in [0.29, 0.717) is 19.3 Å². The van der Waals surface area contributed by atoms with Crippen LogP contribution in [0.15, 0.2) is 85.1 Å². The summed E-state index contributed by atoms with van der Waals surface area (Å²) in [6, 6.07) is 0. The van der Waals surface area contributed by atoms with Gasteiger partial charge in [-0.2, -0.15) is 0 Å². The molecule has 0 bridgehead atoms. The largest absolute Gasteiger partial charge is 0.462 e. The predicted molar refractivity (Wildman–Crippen MR) is 362 cm³/mol. The van der Waals surface area contributed by atoms with Crippen molar-refractivity contribution >= 4 is 17.9 Å². The van der Waals surface area contributed by atoms with Crippen LogP contribution in [0.3, 0.4) is 0 Å². The molecule has 6 heteroatoms. The Morgan fingerprint density at radius 1 is 0.253 bits per heavy atom. The zero-order chi connectivity index (χ0) is 59.9. The first-order valence-electron chi connectivity index (χ1n) is 36.1. The molecule has 0 aromatic heterocycles. The Hall–Kier alpha value is -3.41. The maximum absolute atomic E-state index is 13.0. The first-order chi connectivity index (χ1) is 41.0. The van der Waals surface area contributed by atoms with Gasteiger partial charge >= 0.3 is 17.9 Å². The lowest BCUT2D eigenvalue weighted by Crippen LogP contribution is -2.30. The van der Waals surface area contributed by atoms with Crippen molar-refractivity contribution in [3.63, 3.8) is 0 Å². The summed E-state index contributed by atoms with van der Waals surface area (Å²) in [4.78, 5) is 38.5. The van der Waals surface area contributed by atoms with E-state index in [1.807, 2.05) is 0 Å². The summed E-state index contributed by atoms with van der Waals surface area (Å²) in [5, 5.41) is 0. The van der Waals surface area contributed by atoms with Gasteiger partial charge in [-0.15, -0.1) is 0 Å². The zero-order valence-corrected chi connectivity index (χ0v) is 55.2. The van der Waals surface area contributed by atoms with Gasteiger partial charge < -0.3 is 14.2 Å². The van der Waals surface area contributed by atoms with E-state index < -0.39 is 6.10 Å². The van der Waals surface area contributed by atoms with Crippen molar-refractivity contribution in [1.82, 2.24) is 0 Å². The van der Waals surface area contributed by atoms with Crippen LogP contribution in [0.25, 0.3) is 0 Å². The molecule has 0 saturated heterocycles. The molecule has 480 valence electrons. The van der Waals surface area contributed by atoms with Gasteiger partial charge in [-0.05, 0) is 89.9 Å². The molecular weight excluding hydrogens is 1020 g/mol. The van der Waals surface area contributed by atoms with Crippen molar-refractivity contribution in [2.45, 2.75) is 374 Å². The summed E-state index contributed by atoms with van der Waals surface area (Å²) in [6.45, 7) is 6.47. The highest BCUT2D eigenvalue weighted by Crippen LogP contribution is 2.18. The molecule has 0 heterocycles. The Morgan fingerprint density at radius 3 is 0.735 bits per heavy atom. The number of rotatable bonds is 66. The molecule has 0 aliphatic rings. The molecule has 0 aromatic carbocycles. The lowest BCUT2D eigenvalue weighted by molar-refractivity contribution is -0.167. The normalized spacial score (nSPS) is 12.6. The second-order valence-electron chi connectivity index (χ2n) is 24.1. The number of esters is 3. The monoisotopic (exact) mass is 1160 g/mol. The summed E-state index contributed by atoms with van der Waals surface area (Å²) >= 11 is 0. The first kappa shape index (κ1) is 79.6. The van der Waals surface area contributed by atoms with Crippen LogP contribution in [0.5, 0.6) is 0 Å².